The predicted octanol–water partition coefficient (Wildman–Crippen LogP) is 2.03. The Labute approximate surface area is 139 Å². The fraction of sp³-hybridized carbons (Fsp3) is 0.125. The van der Waals surface area contributed by atoms with Crippen molar-refractivity contribution in [3.8, 4) is 0 Å². The summed E-state index contributed by atoms with van der Waals surface area (Å²) in [4.78, 5) is 12.6. The molecule has 3 N–H and O–H groups in total. The maximum absolute atomic E-state index is 12.5. The van der Waals surface area contributed by atoms with Crippen LogP contribution < -0.4 is 10.0 Å². The van der Waals surface area contributed by atoms with Gasteiger partial charge in [0.1, 0.15) is 0 Å². The highest BCUT2D eigenvalue weighted by Gasteiger charge is 2.16. The topological polar surface area (TPSA) is 104 Å². The van der Waals surface area contributed by atoms with Crippen LogP contribution in [0.3, 0.4) is 0 Å². The lowest BCUT2D eigenvalue weighted by Gasteiger charge is -2.10. The number of sulfonamides is 1. The minimum Gasteiger partial charge on any atom is -0.322 e. The molecule has 0 saturated heterocycles. The molecule has 24 heavy (non-hydrogen) atoms. The summed E-state index contributed by atoms with van der Waals surface area (Å²) in [7, 11) is -2.28. The van der Waals surface area contributed by atoms with Crippen molar-refractivity contribution >= 4 is 32.5 Å². The number of carbonyl (C=O) groups is 1. The number of nitrogens with zero attached hydrogens (tertiary/aromatic N) is 1. The first kappa shape index (κ1) is 16.2. The maximum Gasteiger partial charge on any atom is 0.255 e. The fourth-order valence-electron chi connectivity index (χ4n) is 2.35. The molecule has 3 aromatic rings. The van der Waals surface area contributed by atoms with E-state index in [0.717, 1.165) is 10.9 Å². The van der Waals surface area contributed by atoms with Crippen molar-refractivity contribution in [3.05, 3.63) is 53.7 Å². The summed E-state index contributed by atoms with van der Waals surface area (Å²) in [5.74, 6) is -0.372. The first-order valence-electron chi connectivity index (χ1n) is 7.19. The number of aromatic nitrogens is 2. The fourth-order valence-corrected chi connectivity index (χ4v) is 3.11. The molecule has 7 nitrogen and oxygen atoms in total. The SMILES string of the molecule is CNS(=O)(=O)c1ccc(C)c(C(=O)Nc2ccc3[nH]ncc3c2)c1. The van der Waals surface area contributed by atoms with Crippen LogP contribution in [-0.2, 0) is 10.0 Å². The van der Waals surface area contributed by atoms with Crippen LogP contribution >= 0.6 is 0 Å². The molecule has 3 rings (SSSR count). The van der Waals surface area contributed by atoms with Gasteiger partial charge in [-0.25, -0.2) is 13.1 Å². The van der Waals surface area contributed by atoms with Crippen LogP contribution in [0.25, 0.3) is 10.9 Å². The van der Waals surface area contributed by atoms with Crippen molar-refractivity contribution in [2.75, 3.05) is 12.4 Å². The third-order valence-corrected chi connectivity index (χ3v) is 5.14. The van der Waals surface area contributed by atoms with Gasteiger partial charge in [0.2, 0.25) is 10.0 Å². The van der Waals surface area contributed by atoms with Gasteiger partial charge in [0.05, 0.1) is 16.6 Å². The molecule has 1 heterocycles. The molecule has 0 saturated carbocycles. The van der Waals surface area contributed by atoms with Crippen molar-refractivity contribution in [1.29, 1.82) is 0 Å². The molecule has 124 valence electrons. The summed E-state index contributed by atoms with van der Waals surface area (Å²) in [6, 6.07) is 9.80. The normalized spacial score (nSPS) is 11.6. The van der Waals surface area contributed by atoms with Gasteiger partial charge in [-0.05, 0) is 49.9 Å². The summed E-state index contributed by atoms with van der Waals surface area (Å²) >= 11 is 0. The average Bonchev–Trinajstić information content (AvgIpc) is 3.02. The quantitative estimate of drug-likeness (QED) is 0.673. The summed E-state index contributed by atoms with van der Waals surface area (Å²) in [5, 5.41) is 10.4. The number of aromatic amines is 1. The van der Waals surface area contributed by atoms with E-state index in [2.05, 4.69) is 20.2 Å². The van der Waals surface area contributed by atoms with Gasteiger partial charge in [-0.2, -0.15) is 5.10 Å². The Morgan fingerprint density at radius 2 is 1.96 bits per heavy atom. The zero-order valence-corrected chi connectivity index (χ0v) is 13.9. The van der Waals surface area contributed by atoms with E-state index < -0.39 is 10.0 Å². The first-order valence-corrected chi connectivity index (χ1v) is 8.68. The number of amides is 1. The highest BCUT2D eigenvalue weighted by molar-refractivity contribution is 7.89. The minimum atomic E-state index is -3.61. The average molecular weight is 344 g/mol. The van der Waals surface area contributed by atoms with Gasteiger partial charge < -0.3 is 5.32 Å². The van der Waals surface area contributed by atoms with Crippen LogP contribution in [0, 0.1) is 6.92 Å². The number of aryl methyl sites for hydroxylation is 1. The molecule has 0 atom stereocenters. The molecule has 0 aliphatic carbocycles. The Bertz CT molecular complexity index is 1020. The summed E-state index contributed by atoms with van der Waals surface area (Å²) < 4.78 is 26.1. The van der Waals surface area contributed by atoms with Crippen LogP contribution in [0.4, 0.5) is 5.69 Å². The molecule has 1 aromatic heterocycles. The highest BCUT2D eigenvalue weighted by atomic mass is 32.2. The van der Waals surface area contributed by atoms with E-state index in [9.17, 15) is 13.2 Å². The molecule has 0 bridgehead atoms. The Hall–Kier alpha value is -2.71. The second-order valence-electron chi connectivity index (χ2n) is 5.31. The van der Waals surface area contributed by atoms with E-state index in [4.69, 9.17) is 0 Å². The monoisotopic (exact) mass is 344 g/mol. The third-order valence-electron chi connectivity index (χ3n) is 3.73. The largest absolute Gasteiger partial charge is 0.322 e. The van der Waals surface area contributed by atoms with E-state index in [-0.39, 0.29) is 10.8 Å². The third kappa shape index (κ3) is 3.01. The molecule has 0 unspecified atom stereocenters. The van der Waals surface area contributed by atoms with Crippen LogP contribution in [0.2, 0.25) is 0 Å². The van der Waals surface area contributed by atoms with E-state index in [1.165, 1.54) is 19.2 Å². The van der Waals surface area contributed by atoms with Crippen molar-refractivity contribution in [2.24, 2.45) is 0 Å². The maximum atomic E-state index is 12.5. The zero-order valence-electron chi connectivity index (χ0n) is 13.1. The minimum absolute atomic E-state index is 0.0473. The number of hydrogen-bond acceptors (Lipinski definition) is 4. The van der Waals surface area contributed by atoms with E-state index in [1.54, 1.807) is 31.3 Å². The van der Waals surface area contributed by atoms with Gasteiger partial charge in [0, 0.05) is 16.6 Å². The molecule has 0 aliphatic rings. The molecule has 8 heteroatoms. The zero-order chi connectivity index (χ0) is 17.3. The Morgan fingerprint density at radius 1 is 1.17 bits per heavy atom. The smallest absolute Gasteiger partial charge is 0.255 e. The van der Waals surface area contributed by atoms with Crippen LogP contribution in [0.15, 0.2) is 47.5 Å². The van der Waals surface area contributed by atoms with Crippen molar-refractivity contribution in [1.82, 2.24) is 14.9 Å². The summed E-state index contributed by atoms with van der Waals surface area (Å²) in [5.41, 5.74) is 2.46. The standard InChI is InChI=1S/C16H16N4O3S/c1-10-3-5-13(24(22,23)17-2)8-14(10)16(21)19-12-4-6-15-11(7-12)9-18-20-15/h3-9,17H,1-2H3,(H,18,20)(H,19,21). The lowest BCUT2D eigenvalue weighted by molar-refractivity contribution is 0.102. The predicted molar refractivity (Wildman–Crippen MR) is 91.5 cm³/mol. The molecular formula is C16H16N4O3S. The Kier molecular flexibility index (Phi) is 4.08. The van der Waals surface area contributed by atoms with Crippen LogP contribution in [0.5, 0.6) is 0 Å². The first-order chi connectivity index (χ1) is 11.4. The van der Waals surface area contributed by atoms with Crippen molar-refractivity contribution in [3.63, 3.8) is 0 Å². The number of benzene rings is 2. The highest BCUT2D eigenvalue weighted by Crippen LogP contribution is 2.20. The second kappa shape index (κ2) is 6.06. The number of nitrogens with one attached hydrogen (secondary N) is 3. The molecule has 0 spiro atoms. The second-order valence-corrected chi connectivity index (χ2v) is 7.20. The Balaban J connectivity index is 1.93. The molecule has 0 fully saturated rings. The van der Waals surface area contributed by atoms with Gasteiger partial charge in [-0.1, -0.05) is 6.07 Å². The van der Waals surface area contributed by atoms with Gasteiger partial charge >= 0.3 is 0 Å². The number of carbonyl (C=O) groups excluding carboxylic acids is 1. The van der Waals surface area contributed by atoms with Crippen LogP contribution in [-0.4, -0.2) is 31.6 Å². The van der Waals surface area contributed by atoms with E-state index >= 15 is 0 Å². The Morgan fingerprint density at radius 3 is 2.71 bits per heavy atom. The number of fused-ring (bicyclic) bond motifs is 1. The molecule has 0 radical (unpaired) electrons. The lowest BCUT2D eigenvalue weighted by atomic mass is 10.1. The van der Waals surface area contributed by atoms with Crippen LogP contribution in [0.1, 0.15) is 15.9 Å². The summed E-state index contributed by atoms with van der Waals surface area (Å²) in [6.45, 7) is 1.75. The number of rotatable bonds is 4. The molecular weight excluding hydrogens is 328 g/mol. The van der Waals surface area contributed by atoms with Crippen molar-refractivity contribution < 1.29 is 13.2 Å². The van der Waals surface area contributed by atoms with Crippen molar-refractivity contribution in [2.45, 2.75) is 11.8 Å². The molecule has 0 aliphatic heterocycles. The van der Waals surface area contributed by atoms with E-state index in [0.29, 0.717) is 16.8 Å². The van der Waals surface area contributed by atoms with Gasteiger partial charge in [0.25, 0.3) is 5.91 Å². The molecule has 2 aromatic carbocycles. The van der Waals surface area contributed by atoms with E-state index in [1.807, 2.05) is 6.07 Å². The summed E-state index contributed by atoms with van der Waals surface area (Å²) in [6.07, 6.45) is 1.66. The molecule has 1 amide bonds. The number of anilines is 1. The lowest BCUT2D eigenvalue weighted by Crippen LogP contribution is -2.20. The van der Waals surface area contributed by atoms with Gasteiger partial charge in [-0.15, -0.1) is 0 Å². The van der Waals surface area contributed by atoms with Gasteiger partial charge in [0.15, 0.2) is 0 Å². The number of H-pyrrole nitrogens is 1. The van der Waals surface area contributed by atoms with Gasteiger partial charge in [-0.3, -0.25) is 9.89 Å². The number of hydrogen-bond donors (Lipinski definition) is 3.